The Balaban J connectivity index is 2.03. The summed E-state index contributed by atoms with van der Waals surface area (Å²) in [5.41, 5.74) is 1.13. The van der Waals surface area contributed by atoms with Gasteiger partial charge in [-0.2, -0.15) is 8.42 Å². The number of aromatic nitrogens is 4. The lowest BCUT2D eigenvalue weighted by atomic mass is 10.3. The molecule has 0 spiro atoms. The zero-order chi connectivity index (χ0) is 15.0. The van der Waals surface area contributed by atoms with Crippen molar-refractivity contribution in [2.45, 2.75) is 11.9 Å². The molecule has 2 aromatic heterocycles. The number of nitrogens with zero attached hydrogens (tertiary/aromatic N) is 3. The van der Waals surface area contributed by atoms with Gasteiger partial charge in [-0.3, -0.25) is 4.72 Å². The van der Waals surface area contributed by atoms with Crippen molar-refractivity contribution in [3.8, 4) is 0 Å². The van der Waals surface area contributed by atoms with Crippen LogP contribution in [0.15, 0.2) is 35.5 Å². The molecule has 9 heteroatoms. The monoisotopic (exact) mass is 323 g/mol. The Morgan fingerprint density at radius 1 is 1.19 bits per heavy atom. The first-order valence-corrected chi connectivity index (χ1v) is 7.78. The van der Waals surface area contributed by atoms with Crippen LogP contribution in [-0.4, -0.2) is 28.4 Å². The zero-order valence-electron chi connectivity index (χ0n) is 10.8. The third-order valence-corrected chi connectivity index (χ3v) is 4.24. The molecule has 0 aliphatic heterocycles. The molecular weight excluding hydrogens is 314 g/mol. The standard InChI is InChI=1S/C12H10ClN5O2S/c1-7-14-6-10(15-7)21(19,20)18-12-11(13)16-8-4-2-3-5-9(8)17-12/h2-6H,1H3,(H,14,15)(H,17,18). The number of aromatic amines is 1. The predicted molar refractivity (Wildman–Crippen MR) is 78.7 cm³/mol. The summed E-state index contributed by atoms with van der Waals surface area (Å²) in [4.78, 5) is 14.8. The van der Waals surface area contributed by atoms with Gasteiger partial charge in [-0.05, 0) is 19.1 Å². The fourth-order valence-corrected chi connectivity index (χ4v) is 2.98. The number of anilines is 1. The second kappa shape index (κ2) is 4.97. The zero-order valence-corrected chi connectivity index (χ0v) is 12.4. The van der Waals surface area contributed by atoms with Crippen LogP contribution in [0.2, 0.25) is 5.15 Å². The Morgan fingerprint density at radius 3 is 2.48 bits per heavy atom. The molecule has 3 aromatic rings. The first-order valence-electron chi connectivity index (χ1n) is 5.92. The maximum absolute atomic E-state index is 12.2. The minimum absolute atomic E-state index is 0.0199. The Bertz CT molecular complexity index is 922. The molecule has 7 nitrogen and oxygen atoms in total. The smallest absolute Gasteiger partial charge is 0.280 e. The molecule has 0 unspecified atom stereocenters. The van der Waals surface area contributed by atoms with Crippen molar-refractivity contribution in [2.75, 3.05) is 4.72 Å². The van der Waals surface area contributed by atoms with Gasteiger partial charge in [0.05, 0.1) is 17.2 Å². The van der Waals surface area contributed by atoms with Crippen LogP contribution in [0, 0.1) is 6.92 Å². The van der Waals surface area contributed by atoms with E-state index < -0.39 is 10.0 Å². The van der Waals surface area contributed by atoms with Gasteiger partial charge < -0.3 is 4.98 Å². The van der Waals surface area contributed by atoms with E-state index in [-0.39, 0.29) is 16.0 Å². The molecule has 0 amide bonds. The predicted octanol–water partition coefficient (Wildman–Crippen LogP) is 2.12. The van der Waals surface area contributed by atoms with Gasteiger partial charge in [0.2, 0.25) is 0 Å². The van der Waals surface area contributed by atoms with E-state index in [1.807, 2.05) is 0 Å². The second-order valence-electron chi connectivity index (χ2n) is 4.29. The van der Waals surface area contributed by atoms with E-state index in [0.29, 0.717) is 16.9 Å². The van der Waals surface area contributed by atoms with Crippen LogP contribution < -0.4 is 4.72 Å². The third-order valence-electron chi connectivity index (χ3n) is 2.73. The van der Waals surface area contributed by atoms with Crippen LogP contribution in [0.4, 0.5) is 5.82 Å². The maximum atomic E-state index is 12.2. The van der Waals surface area contributed by atoms with E-state index in [0.717, 1.165) is 0 Å². The second-order valence-corrected chi connectivity index (χ2v) is 6.30. The highest BCUT2D eigenvalue weighted by molar-refractivity contribution is 7.92. The fraction of sp³-hybridized carbons (Fsp3) is 0.0833. The van der Waals surface area contributed by atoms with Gasteiger partial charge >= 0.3 is 0 Å². The summed E-state index contributed by atoms with van der Waals surface area (Å²) in [5.74, 6) is 0.466. The molecule has 21 heavy (non-hydrogen) atoms. The van der Waals surface area contributed by atoms with E-state index in [1.54, 1.807) is 31.2 Å². The van der Waals surface area contributed by atoms with Gasteiger partial charge in [0, 0.05) is 0 Å². The van der Waals surface area contributed by atoms with Crippen molar-refractivity contribution in [1.29, 1.82) is 0 Å². The molecule has 0 bridgehead atoms. The van der Waals surface area contributed by atoms with Gasteiger partial charge in [-0.1, -0.05) is 23.7 Å². The van der Waals surface area contributed by atoms with E-state index in [1.165, 1.54) is 6.20 Å². The van der Waals surface area contributed by atoms with Crippen molar-refractivity contribution in [3.63, 3.8) is 0 Å². The molecule has 1 aromatic carbocycles. The van der Waals surface area contributed by atoms with Crippen LogP contribution >= 0.6 is 11.6 Å². The number of aryl methyl sites for hydroxylation is 1. The summed E-state index contributed by atoms with van der Waals surface area (Å²) in [6, 6.07) is 7.04. The molecule has 0 fully saturated rings. The first-order chi connectivity index (χ1) is 9.95. The number of hydrogen-bond donors (Lipinski definition) is 2. The molecule has 0 radical (unpaired) electrons. The van der Waals surface area contributed by atoms with Crippen molar-refractivity contribution in [2.24, 2.45) is 0 Å². The van der Waals surface area contributed by atoms with Crippen molar-refractivity contribution in [1.82, 2.24) is 19.9 Å². The van der Waals surface area contributed by atoms with Gasteiger partial charge in [0.1, 0.15) is 5.82 Å². The average Bonchev–Trinajstić information content (AvgIpc) is 2.87. The molecule has 0 saturated heterocycles. The van der Waals surface area contributed by atoms with Gasteiger partial charge in [0.15, 0.2) is 16.0 Å². The van der Waals surface area contributed by atoms with Crippen LogP contribution in [-0.2, 0) is 10.0 Å². The van der Waals surface area contributed by atoms with Crippen LogP contribution in [0.1, 0.15) is 5.82 Å². The number of para-hydroxylation sites is 2. The summed E-state index contributed by atoms with van der Waals surface area (Å²) in [5, 5.41) is -0.0838. The highest BCUT2D eigenvalue weighted by atomic mass is 35.5. The Kier molecular flexibility index (Phi) is 3.26. The minimum atomic E-state index is -3.84. The molecular formula is C12H10ClN5O2S. The van der Waals surface area contributed by atoms with E-state index >= 15 is 0 Å². The number of imidazole rings is 1. The summed E-state index contributed by atoms with van der Waals surface area (Å²) in [7, 11) is -3.84. The van der Waals surface area contributed by atoms with Crippen molar-refractivity contribution in [3.05, 3.63) is 41.4 Å². The summed E-state index contributed by atoms with van der Waals surface area (Å²) in [6.45, 7) is 1.65. The van der Waals surface area contributed by atoms with Crippen LogP contribution in [0.5, 0.6) is 0 Å². The molecule has 3 rings (SSSR count). The van der Waals surface area contributed by atoms with Gasteiger partial charge in [-0.15, -0.1) is 0 Å². The van der Waals surface area contributed by atoms with E-state index in [9.17, 15) is 8.42 Å². The summed E-state index contributed by atoms with van der Waals surface area (Å²) < 4.78 is 26.7. The van der Waals surface area contributed by atoms with E-state index in [2.05, 4.69) is 24.7 Å². The number of hydrogen-bond acceptors (Lipinski definition) is 5. The highest BCUT2D eigenvalue weighted by Gasteiger charge is 2.19. The number of rotatable bonds is 3. The number of sulfonamides is 1. The Labute approximate surface area is 125 Å². The minimum Gasteiger partial charge on any atom is -0.332 e. The normalized spacial score (nSPS) is 11.7. The molecule has 2 N–H and O–H groups in total. The number of benzene rings is 1. The third kappa shape index (κ3) is 2.67. The van der Waals surface area contributed by atoms with Gasteiger partial charge in [0.25, 0.3) is 10.0 Å². The Morgan fingerprint density at radius 2 is 1.86 bits per heavy atom. The summed E-state index contributed by atoms with van der Waals surface area (Å²) in [6.07, 6.45) is 1.22. The van der Waals surface area contributed by atoms with Gasteiger partial charge in [-0.25, -0.2) is 15.0 Å². The number of H-pyrrole nitrogens is 1. The molecule has 0 saturated carbocycles. The lowest BCUT2D eigenvalue weighted by Crippen LogP contribution is -2.15. The molecule has 108 valence electrons. The topological polar surface area (TPSA) is 101 Å². The van der Waals surface area contributed by atoms with Crippen molar-refractivity contribution >= 4 is 38.5 Å². The summed E-state index contributed by atoms with van der Waals surface area (Å²) >= 11 is 5.98. The fourth-order valence-electron chi connectivity index (χ4n) is 1.76. The quantitative estimate of drug-likeness (QED) is 0.768. The van der Waals surface area contributed by atoms with E-state index in [4.69, 9.17) is 11.6 Å². The number of halogens is 1. The lowest BCUT2D eigenvalue weighted by molar-refractivity contribution is 0.598. The molecule has 2 heterocycles. The largest absolute Gasteiger partial charge is 0.332 e. The average molecular weight is 324 g/mol. The van der Waals surface area contributed by atoms with Crippen LogP contribution in [0.25, 0.3) is 11.0 Å². The van der Waals surface area contributed by atoms with Crippen molar-refractivity contribution < 1.29 is 8.42 Å². The molecule has 0 aliphatic carbocycles. The highest BCUT2D eigenvalue weighted by Crippen LogP contribution is 2.23. The SMILES string of the molecule is Cc1ncc(S(=O)(=O)Nc2nc3ccccc3nc2Cl)[nH]1. The maximum Gasteiger partial charge on any atom is 0.280 e. The molecule has 0 aliphatic rings. The number of nitrogens with one attached hydrogen (secondary N) is 2. The Hall–Kier alpha value is -2.19. The number of fused-ring (bicyclic) bond motifs is 1. The lowest BCUT2D eigenvalue weighted by Gasteiger charge is -2.07. The van der Waals surface area contributed by atoms with Crippen LogP contribution in [0.3, 0.4) is 0 Å². The first kappa shape index (κ1) is 13.8. The molecule has 0 atom stereocenters.